The lowest BCUT2D eigenvalue weighted by Gasteiger charge is -2.55. The van der Waals surface area contributed by atoms with Gasteiger partial charge in [-0.1, -0.05) is 17.7 Å². The van der Waals surface area contributed by atoms with Gasteiger partial charge in [-0.15, -0.1) is 0 Å². The van der Waals surface area contributed by atoms with Crippen molar-refractivity contribution in [2.45, 2.75) is 31.9 Å². The van der Waals surface area contributed by atoms with Gasteiger partial charge in [-0.3, -0.25) is 0 Å². The zero-order valence-corrected chi connectivity index (χ0v) is 18.8. The second-order valence-electron chi connectivity index (χ2n) is 8.57. The fourth-order valence-electron chi connectivity index (χ4n) is 4.41. The molecule has 2 saturated heterocycles. The largest absolute Gasteiger partial charge is 0.476 e. The predicted molar refractivity (Wildman–Crippen MR) is 123 cm³/mol. The summed E-state index contributed by atoms with van der Waals surface area (Å²) in [5, 5.41) is 22.5. The van der Waals surface area contributed by atoms with Crippen LogP contribution in [0.4, 0.5) is 11.5 Å². The third-order valence-corrected chi connectivity index (χ3v) is 6.37. The molecule has 10 heteroatoms. The minimum atomic E-state index is -1.17. The van der Waals surface area contributed by atoms with Gasteiger partial charge in [0.1, 0.15) is 16.8 Å². The summed E-state index contributed by atoms with van der Waals surface area (Å²) in [6.45, 7) is 6.00. The lowest BCUT2D eigenvalue weighted by molar-refractivity contribution is -0.161. The number of fused-ring (bicyclic) bond motifs is 1. The van der Waals surface area contributed by atoms with Crippen LogP contribution in [0.5, 0.6) is 0 Å². The zero-order chi connectivity index (χ0) is 23.3. The maximum absolute atomic E-state index is 11.6. The minimum absolute atomic E-state index is 0.105. The van der Waals surface area contributed by atoms with Crippen LogP contribution in [0.25, 0.3) is 11.0 Å². The number of hydrogen-bond acceptors (Lipinski definition) is 8. The highest BCUT2D eigenvalue weighted by molar-refractivity contribution is 6.29. The second-order valence-corrected chi connectivity index (χ2v) is 8.96. The van der Waals surface area contributed by atoms with Crippen LogP contribution in [0.2, 0.25) is 5.15 Å². The van der Waals surface area contributed by atoms with Gasteiger partial charge in [-0.2, -0.15) is 5.26 Å². The smallest absolute Gasteiger partial charge is 0.356 e. The molecule has 1 aromatic carbocycles. The van der Waals surface area contributed by atoms with Crippen LogP contribution >= 0.6 is 11.6 Å². The van der Waals surface area contributed by atoms with Gasteiger partial charge in [0.05, 0.1) is 42.5 Å². The molecule has 33 heavy (non-hydrogen) atoms. The quantitative estimate of drug-likeness (QED) is 0.543. The Morgan fingerprint density at radius 1 is 1.33 bits per heavy atom. The summed E-state index contributed by atoms with van der Waals surface area (Å²) >= 11 is 5.88. The first-order valence-corrected chi connectivity index (χ1v) is 10.9. The molecule has 3 aromatic rings. The number of carbonyl (C=O) groups is 1. The van der Waals surface area contributed by atoms with E-state index in [-0.39, 0.29) is 28.2 Å². The van der Waals surface area contributed by atoms with Crippen molar-refractivity contribution < 1.29 is 14.6 Å². The van der Waals surface area contributed by atoms with E-state index >= 15 is 0 Å². The summed E-state index contributed by atoms with van der Waals surface area (Å²) in [4.78, 5) is 27.0. The highest BCUT2D eigenvalue weighted by atomic mass is 35.5. The van der Waals surface area contributed by atoms with Crippen molar-refractivity contribution in [3.8, 4) is 6.07 Å². The van der Waals surface area contributed by atoms with E-state index in [0.717, 1.165) is 24.2 Å². The van der Waals surface area contributed by atoms with E-state index in [2.05, 4.69) is 21.4 Å². The Balaban J connectivity index is 1.54. The molecule has 2 fully saturated rings. The van der Waals surface area contributed by atoms with E-state index < -0.39 is 5.97 Å². The first-order chi connectivity index (χ1) is 15.8. The second kappa shape index (κ2) is 7.83. The number of benzene rings is 1. The van der Waals surface area contributed by atoms with E-state index in [1.165, 1.54) is 6.07 Å². The number of halogens is 1. The summed E-state index contributed by atoms with van der Waals surface area (Å²) in [6.07, 6.45) is 1.01. The van der Waals surface area contributed by atoms with Crippen LogP contribution in [0.3, 0.4) is 0 Å². The topological polar surface area (TPSA) is 124 Å². The fourth-order valence-corrected chi connectivity index (χ4v) is 4.56. The molecule has 2 N–H and O–H groups in total. The van der Waals surface area contributed by atoms with Crippen LogP contribution in [0.15, 0.2) is 24.3 Å². The Bertz CT molecular complexity index is 1330. The number of carboxylic acids is 1. The Hall–Kier alpha value is -3.48. The van der Waals surface area contributed by atoms with Crippen molar-refractivity contribution in [2.75, 3.05) is 29.9 Å². The number of pyridine rings is 1. The van der Waals surface area contributed by atoms with Crippen molar-refractivity contribution in [3.05, 3.63) is 51.9 Å². The molecule has 1 spiro atoms. The van der Waals surface area contributed by atoms with Crippen LogP contribution in [-0.4, -0.2) is 51.3 Å². The summed E-state index contributed by atoms with van der Waals surface area (Å²) < 4.78 is 5.70. The standard InChI is InChI=1S/C23H21ClN6O3/c1-12-7-14(13(2)26-15-3-4-18(24)28-20(15)22(31)32)19-16(8-12)27-17(9-25)21(29-19)30-10-23(11-30)5-6-33-23/h3-4,7-8,13,26H,5-6,10-11H2,1-2H3,(H,31,32)/t13-/m1/s1. The summed E-state index contributed by atoms with van der Waals surface area (Å²) in [5.41, 5.74) is 3.43. The number of hydrogen-bond donors (Lipinski definition) is 2. The summed E-state index contributed by atoms with van der Waals surface area (Å²) in [7, 11) is 0. The lowest BCUT2D eigenvalue weighted by atomic mass is 9.86. The molecule has 2 aliphatic rings. The SMILES string of the molecule is Cc1cc([C@@H](C)Nc2ccc(Cl)nc2C(=O)O)c2nc(N3CC4(CCO4)C3)c(C#N)nc2c1. The molecule has 9 nitrogen and oxygen atoms in total. The van der Waals surface area contributed by atoms with Gasteiger partial charge in [0.2, 0.25) is 0 Å². The number of nitrogens with one attached hydrogen (secondary N) is 1. The monoisotopic (exact) mass is 464 g/mol. The number of nitriles is 1. The van der Waals surface area contributed by atoms with Crippen LogP contribution in [0, 0.1) is 18.3 Å². The molecule has 0 amide bonds. The van der Waals surface area contributed by atoms with Crippen LogP contribution < -0.4 is 10.2 Å². The van der Waals surface area contributed by atoms with Gasteiger partial charge in [-0.25, -0.2) is 19.7 Å². The predicted octanol–water partition coefficient (Wildman–Crippen LogP) is 3.71. The number of ether oxygens (including phenoxy) is 1. The fraction of sp³-hybridized carbons (Fsp3) is 0.348. The molecule has 2 aromatic heterocycles. The van der Waals surface area contributed by atoms with Gasteiger partial charge in [0.25, 0.3) is 0 Å². The number of nitrogens with zero attached hydrogens (tertiary/aromatic N) is 5. The average Bonchev–Trinajstić information content (AvgIpc) is 2.71. The molecular formula is C23H21ClN6O3. The number of aromatic nitrogens is 3. The minimum Gasteiger partial charge on any atom is -0.476 e. The lowest BCUT2D eigenvalue weighted by Crippen LogP contribution is -2.68. The van der Waals surface area contributed by atoms with E-state index in [1.54, 1.807) is 6.07 Å². The third-order valence-electron chi connectivity index (χ3n) is 6.16. The molecule has 0 aliphatic carbocycles. The first-order valence-electron chi connectivity index (χ1n) is 10.6. The zero-order valence-electron chi connectivity index (χ0n) is 18.1. The molecule has 0 saturated carbocycles. The van der Waals surface area contributed by atoms with E-state index in [4.69, 9.17) is 21.3 Å². The van der Waals surface area contributed by atoms with E-state index in [9.17, 15) is 15.2 Å². The van der Waals surface area contributed by atoms with Gasteiger partial charge >= 0.3 is 5.97 Å². The highest BCUT2D eigenvalue weighted by Gasteiger charge is 2.50. The maximum Gasteiger partial charge on any atom is 0.356 e. The Morgan fingerprint density at radius 2 is 2.09 bits per heavy atom. The average molecular weight is 465 g/mol. The maximum atomic E-state index is 11.6. The Morgan fingerprint density at radius 3 is 2.73 bits per heavy atom. The third kappa shape index (κ3) is 3.71. The van der Waals surface area contributed by atoms with Crippen molar-refractivity contribution in [1.82, 2.24) is 15.0 Å². The Labute approximate surface area is 195 Å². The highest BCUT2D eigenvalue weighted by Crippen LogP contribution is 2.39. The number of aromatic carboxylic acids is 1. The molecule has 1 atom stereocenters. The number of rotatable bonds is 5. The molecule has 0 unspecified atom stereocenters. The first kappa shape index (κ1) is 21.4. The van der Waals surface area contributed by atoms with Gasteiger partial charge in [0.15, 0.2) is 17.2 Å². The number of aryl methyl sites for hydroxylation is 1. The normalized spacial score (nSPS) is 17.2. The molecule has 0 bridgehead atoms. The van der Waals surface area contributed by atoms with Gasteiger partial charge < -0.3 is 20.1 Å². The van der Waals surface area contributed by atoms with Crippen molar-refractivity contribution >= 4 is 40.1 Å². The Kier molecular flexibility index (Phi) is 5.07. The molecule has 4 heterocycles. The van der Waals surface area contributed by atoms with Gasteiger partial charge in [-0.05, 0) is 37.6 Å². The number of carboxylic acid groups (broad SMARTS) is 1. The molecular weight excluding hydrogens is 444 g/mol. The van der Waals surface area contributed by atoms with E-state index in [1.807, 2.05) is 30.9 Å². The summed E-state index contributed by atoms with van der Waals surface area (Å²) in [6, 6.07) is 8.87. The van der Waals surface area contributed by atoms with Crippen molar-refractivity contribution in [2.24, 2.45) is 0 Å². The van der Waals surface area contributed by atoms with Crippen molar-refractivity contribution in [1.29, 1.82) is 5.26 Å². The van der Waals surface area contributed by atoms with Crippen LogP contribution in [0.1, 0.15) is 46.7 Å². The van der Waals surface area contributed by atoms with Crippen LogP contribution in [-0.2, 0) is 4.74 Å². The molecule has 0 radical (unpaired) electrons. The number of anilines is 2. The van der Waals surface area contributed by atoms with Gasteiger partial charge in [0, 0.05) is 12.0 Å². The van der Waals surface area contributed by atoms with E-state index in [0.29, 0.717) is 35.6 Å². The molecule has 168 valence electrons. The summed E-state index contributed by atoms with van der Waals surface area (Å²) in [5.74, 6) is -0.630. The molecule has 5 rings (SSSR count). The molecule has 2 aliphatic heterocycles. The van der Waals surface area contributed by atoms with Crippen molar-refractivity contribution in [3.63, 3.8) is 0 Å².